The maximum atomic E-state index is 11.2. The van der Waals surface area contributed by atoms with E-state index in [1.54, 1.807) is 0 Å². The van der Waals surface area contributed by atoms with Gasteiger partial charge >= 0.3 is 6.03 Å². The normalized spacial score (nSPS) is 17.6. The molecule has 1 saturated carbocycles. The number of aliphatic hydroxyl groups is 1. The van der Waals surface area contributed by atoms with Crippen LogP contribution in [0.3, 0.4) is 0 Å². The van der Waals surface area contributed by atoms with Gasteiger partial charge < -0.3 is 15.7 Å². The average Bonchev–Trinajstić information content (AvgIpc) is 2.96. The fourth-order valence-corrected chi connectivity index (χ4v) is 1.33. The van der Waals surface area contributed by atoms with Crippen LogP contribution in [0.2, 0.25) is 0 Å². The Morgan fingerprint density at radius 3 is 2.79 bits per heavy atom. The number of carbonyl (C=O) groups excluding carboxylic acids is 1. The second-order valence-corrected chi connectivity index (χ2v) is 3.92. The van der Waals surface area contributed by atoms with Gasteiger partial charge in [0, 0.05) is 19.2 Å². The molecule has 1 fully saturated rings. The molecule has 1 atom stereocenters. The van der Waals surface area contributed by atoms with Crippen molar-refractivity contribution in [2.45, 2.75) is 38.6 Å². The highest BCUT2D eigenvalue weighted by Gasteiger charge is 2.23. The zero-order chi connectivity index (χ0) is 10.4. The minimum Gasteiger partial charge on any atom is -0.396 e. The smallest absolute Gasteiger partial charge is 0.315 e. The lowest BCUT2D eigenvalue weighted by atomic mass is 10.0. The molecule has 0 aromatic rings. The molecule has 4 heteroatoms. The molecule has 0 radical (unpaired) electrons. The van der Waals surface area contributed by atoms with Gasteiger partial charge in [0.1, 0.15) is 0 Å². The highest BCUT2D eigenvalue weighted by Crippen LogP contribution is 2.18. The first kappa shape index (κ1) is 11.3. The van der Waals surface area contributed by atoms with Gasteiger partial charge in [-0.15, -0.1) is 0 Å². The molecule has 4 nitrogen and oxygen atoms in total. The van der Waals surface area contributed by atoms with Crippen molar-refractivity contribution in [3.8, 4) is 0 Å². The third-order valence-corrected chi connectivity index (χ3v) is 2.58. The van der Waals surface area contributed by atoms with Crippen LogP contribution in [-0.2, 0) is 0 Å². The quantitative estimate of drug-likeness (QED) is 0.595. The molecule has 0 aromatic heterocycles. The van der Waals surface area contributed by atoms with Crippen LogP contribution < -0.4 is 10.6 Å². The average molecular weight is 200 g/mol. The Balaban J connectivity index is 2.06. The van der Waals surface area contributed by atoms with Crippen molar-refractivity contribution in [2.24, 2.45) is 5.92 Å². The van der Waals surface area contributed by atoms with Crippen LogP contribution in [0.1, 0.15) is 32.6 Å². The Morgan fingerprint density at radius 1 is 1.57 bits per heavy atom. The standard InChI is InChI=1S/C10H20N2O2/c1-2-8(5-6-13)7-11-10(14)12-9-3-4-9/h8-9,13H,2-7H2,1H3,(H2,11,12,14). The Labute approximate surface area is 85.1 Å². The maximum absolute atomic E-state index is 11.2. The van der Waals surface area contributed by atoms with E-state index in [9.17, 15) is 4.79 Å². The Hall–Kier alpha value is -0.770. The molecule has 2 amide bonds. The van der Waals surface area contributed by atoms with Gasteiger partial charge in [0.2, 0.25) is 0 Å². The third kappa shape index (κ3) is 4.46. The summed E-state index contributed by atoms with van der Waals surface area (Å²) in [6, 6.07) is 0.344. The van der Waals surface area contributed by atoms with Crippen LogP contribution in [0.5, 0.6) is 0 Å². The van der Waals surface area contributed by atoms with Crippen molar-refractivity contribution in [3.63, 3.8) is 0 Å². The van der Waals surface area contributed by atoms with Gasteiger partial charge in [-0.2, -0.15) is 0 Å². The SMILES string of the molecule is CCC(CCO)CNC(=O)NC1CC1. The minimum absolute atomic E-state index is 0.0658. The first-order valence-corrected chi connectivity index (χ1v) is 5.41. The lowest BCUT2D eigenvalue weighted by Gasteiger charge is -2.14. The first-order chi connectivity index (χ1) is 6.76. The molecule has 0 aliphatic heterocycles. The zero-order valence-corrected chi connectivity index (χ0v) is 8.75. The van der Waals surface area contributed by atoms with Gasteiger partial charge in [-0.3, -0.25) is 0 Å². The first-order valence-electron chi connectivity index (χ1n) is 5.41. The summed E-state index contributed by atoms with van der Waals surface area (Å²) < 4.78 is 0. The Morgan fingerprint density at radius 2 is 2.29 bits per heavy atom. The summed E-state index contributed by atoms with van der Waals surface area (Å²) in [5.74, 6) is 0.393. The fourth-order valence-electron chi connectivity index (χ4n) is 1.33. The van der Waals surface area contributed by atoms with Gasteiger partial charge in [0.05, 0.1) is 0 Å². The summed E-state index contributed by atoms with van der Waals surface area (Å²) in [7, 11) is 0. The molecule has 0 aromatic carbocycles. The number of rotatable bonds is 6. The van der Waals surface area contributed by atoms with Gasteiger partial charge in [0.25, 0.3) is 0 Å². The number of nitrogens with one attached hydrogen (secondary N) is 2. The summed E-state index contributed by atoms with van der Waals surface area (Å²) in [5, 5.41) is 14.5. The molecule has 0 spiro atoms. The number of aliphatic hydroxyl groups excluding tert-OH is 1. The second kappa shape index (κ2) is 5.86. The number of carbonyl (C=O) groups is 1. The van der Waals surface area contributed by atoms with Crippen LogP contribution in [0, 0.1) is 5.92 Å². The third-order valence-electron chi connectivity index (χ3n) is 2.58. The maximum Gasteiger partial charge on any atom is 0.315 e. The molecule has 0 heterocycles. The van der Waals surface area contributed by atoms with Crippen molar-refractivity contribution in [1.82, 2.24) is 10.6 Å². The molecule has 3 N–H and O–H groups in total. The predicted octanol–water partition coefficient (Wildman–Crippen LogP) is 0.857. The number of hydrogen-bond donors (Lipinski definition) is 3. The number of amides is 2. The van der Waals surface area contributed by atoms with E-state index in [-0.39, 0.29) is 12.6 Å². The van der Waals surface area contributed by atoms with Crippen molar-refractivity contribution in [1.29, 1.82) is 0 Å². The van der Waals surface area contributed by atoms with Crippen molar-refractivity contribution in [2.75, 3.05) is 13.2 Å². The molecular formula is C10H20N2O2. The van der Waals surface area contributed by atoms with E-state index in [1.807, 2.05) is 0 Å². The van der Waals surface area contributed by atoms with E-state index in [0.29, 0.717) is 18.5 Å². The minimum atomic E-state index is -0.0658. The predicted molar refractivity (Wildman–Crippen MR) is 55.0 cm³/mol. The summed E-state index contributed by atoms with van der Waals surface area (Å²) in [5.41, 5.74) is 0. The Bertz CT molecular complexity index is 181. The second-order valence-electron chi connectivity index (χ2n) is 3.92. The molecule has 1 aliphatic rings. The Kier molecular flexibility index (Phi) is 4.73. The van der Waals surface area contributed by atoms with Crippen LogP contribution in [0.4, 0.5) is 4.79 Å². The van der Waals surface area contributed by atoms with E-state index in [2.05, 4.69) is 17.6 Å². The summed E-state index contributed by atoms with van der Waals surface area (Å²) in [6.07, 6.45) is 3.98. The molecule has 1 aliphatic carbocycles. The van der Waals surface area contributed by atoms with Gasteiger partial charge in [-0.1, -0.05) is 13.3 Å². The van der Waals surface area contributed by atoms with Crippen molar-refractivity contribution < 1.29 is 9.90 Å². The molecule has 14 heavy (non-hydrogen) atoms. The van der Waals surface area contributed by atoms with Gasteiger partial charge in [0.15, 0.2) is 0 Å². The molecular weight excluding hydrogens is 180 g/mol. The molecule has 1 unspecified atom stereocenters. The number of hydrogen-bond acceptors (Lipinski definition) is 2. The van der Waals surface area contributed by atoms with Crippen molar-refractivity contribution >= 4 is 6.03 Å². The van der Waals surface area contributed by atoms with Crippen LogP contribution in [-0.4, -0.2) is 30.3 Å². The van der Waals surface area contributed by atoms with Gasteiger partial charge in [-0.25, -0.2) is 4.79 Å². The fraction of sp³-hybridized carbons (Fsp3) is 0.900. The summed E-state index contributed by atoms with van der Waals surface area (Å²) >= 11 is 0. The molecule has 0 saturated heterocycles. The van der Waals surface area contributed by atoms with Crippen LogP contribution in [0.15, 0.2) is 0 Å². The molecule has 0 bridgehead atoms. The molecule has 82 valence electrons. The van der Waals surface area contributed by atoms with E-state index >= 15 is 0 Å². The monoisotopic (exact) mass is 200 g/mol. The zero-order valence-electron chi connectivity index (χ0n) is 8.75. The van der Waals surface area contributed by atoms with E-state index in [0.717, 1.165) is 25.7 Å². The highest BCUT2D eigenvalue weighted by molar-refractivity contribution is 5.74. The lowest BCUT2D eigenvalue weighted by molar-refractivity contribution is 0.230. The summed E-state index contributed by atoms with van der Waals surface area (Å²) in [6.45, 7) is 2.93. The van der Waals surface area contributed by atoms with E-state index < -0.39 is 0 Å². The van der Waals surface area contributed by atoms with E-state index in [1.165, 1.54) is 0 Å². The van der Waals surface area contributed by atoms with Crippen LogP contribution >= 0.6 is 0 Å². The topological polar surface area (TPSA) is 61.4 Å². The molecule has 1 rings (SSSR count). The number of urea groups is 1. The highest BCUT2D eigenvalue weighted by atomic mass is 16.3. The van der Waals surface area contributed by atoms with Gasteiger partial charge in [-0.05, 0) is 25.2 Å². The van der Waals surface area contributed by atoms with Crippen molar-refractivity contribution in [3.05, 3.63) is 0 Å². The summed E-state index contributed by atoms with van der Waals surface area (Å²) in [4.78, 5) is 11.2. The lowest BCUT2D eigenvalue weighted by Crippen LogP contribution is -2.39. The largest absolute Gasteiger partial charge is 0.396 e. The van der Waals surface area contributed by atoms with E-state index in [4.69, 9.17) is 5.11 Å². The van der Waals surface area contributed by atoms with Crippen LogP contribution in [0.25, 0.3) is 0 Å².